The zero-order valence-corrected chi connectivity index (χ0v) is 41.8. The van der Waals surface area contributed by atoms with Crippen LogP contribution in [0.3, 0.4) is 0 Å². The van der Waals surface area contributed by atoms with E-state index >= 15 is 0 Å². The molecule has 0 radical (unpaired) electrons. The first-order valence-corrected chi connectivity index (χ1v) is 27.0. The van der Waals surface area contributed by atoms with Gasteiger partial charge in [-0.3, -0.25) is 14.4 Å². The average Bonchev–Trinajstić information content (AvgIpc) is 3.34. The molecule has 0 aliphatic carbocycles. The number of hydrogen-bond acceptors (Lipinski definition) is 13. The number of amides is 1. The largest absolute Gasteiger partial charge is 0.501 e. The number of thioether (sulfide) groups is 1. The van der Waals surface area contributed by atoms with Crippen LogP contribution in [0.4, 0.5) is 24.5 Å². The van der Waals surface area contributed by atoms with Gasteiger partial charge in [-0.05, 0) is 129 Å². The molecule has 380 valence electrons. The Kier molecular flexibility index (Phi) is 19.0. The lowest BCUT2D eigenvalue weighted by Gasteiger charge is -2.36. The Labute approximate surface area is 420 Å². The van der Waals surface area contributed by atoms with Gasteiger partial charge in [0.15, 0.2) is 0 Å². The van der Waals surface area contributed by atoms with Crippen molar-refractivity contribution in [1.82, 2.24) is 9.62 Å². The number of ether oxygens (including phenoxy) is 1. The number of anilines is 2. The molecule has 71 heavy (non-hydrogen) atoms. The van der Waals surface area contributed by atoms with E-state index < -0.39 is 70.8 Å². The molecule has 0 unspecified atom stereocenters. The number of piperidine rings is 1. The summed E-state index contributed by atoms with van der Waals surface area (Å²) in [6.07, 6.45) is 0.704. The second-order valence-corrected chi connectivity index (χ2v) is 22.1. The number of carboxylic acids is 1. The fraction of sp³-hybridized carbons (Fsp3) is 0.340. The molecule has 2 atom stereocenters. The van der Waals surface area contributed by atoms with Crippen molar-refractivity contribution >= 4 is 72.4 Å². The van der Waals surface area contributed by atoms with Crippen LogP contribution in [0.1, 0.15) is 60.6 Å². The number of benzene rings is 5. The van der Waals surface area contributed by atoms with E-state index in [1.165, 1.54) is 23.9 Å². The molecule has 0 spiro atoms. The normalized spacial score (nSPS) is 14.4. The van der Waals surface area contributed by atoms with Crippen molar-refractivity contribution < 1.29 is 59.3 Å². The van der Waals surface area contributed by atoms with E-state index in [4.69, 9.17) is 21.4 Å². The number of carboxylic acid groups (broad SMARTS) is 1. The molecule has 4 N–H and O–H groups in total. The highest BCUT2D eigenvalue weighted by Crippen LogP contribution is 2.39. The number of sulfone groups is 1. The average molecular weight is 1060 g/mol. The number of carbonyl (C=O) groups excluding carboxylic acids is 2. The van der Waals surface area contributed by atoms with E-state index in [1.807, 2.05) is 53.3 Å². The number of hydrogen-bond donors (Lipinski definition) is 4. The van der Waals surface area contributed by atoms with Crippen molar-refractivity contribution in [3.8, 4) is 11.1 Å². The minimum Gasteiger partial charge on any atom is -0.481 e. The summed E-state index contributed by atoms with van der Waals surface area (Å²) in [4.78, 5) is 38.5. The Bertz CT molecular complexity index is 2840. The van der Waals surface area contributed by atoms with Crippen LogP contribution in [0.5, 0.6) is 0 Å². The number of aliphatic carboxylic acids is 1. The number of nitrogens with zero attached hydrogens (tertiary/aromatic N) is 2. The Morgan fingerprint density at radius 3 is 2.20 bits per heavy atom. The van der Waals surface area contributed by atoms with Gasteiger partial charge in [-0.1, -0.05) is 66.2 Å². The van der Waals surface area contributed by atoms with E-state index in [1.54, 1.807) is 54.4 Å². The zero-order chi connectivity index (χ0) is 51.3. The molecule has 0 bridgehead atoms. The number of alkyl halides is 3. The van der Waals surface area contributed by atoms with Gasteiger partial charge in [0.1, 0.15) is 11.5 Å². The van der Waals surface area contributed by atoms with Crippen molar-refractivity contribution in [2.75, 3.05) is 55.8 Å². The summed E-state index contributed by atoms with van der Waals surface area (Å²) < 4.78 is 103. The van der Waals surface area contributed by atoms with Crippen LogP contribution in [0.25, 0.3) is 11.1 Å². The Morgan fingerprint density at radius 1 is 0.873 bits per heavy atom. The third kappa shape index (κ3) is 15.2. The minimum absolute atomic E-state index is 0.0131. The number of nitrogens with one attached hydrogen (secondary N) is 2. The van der Waals surface area contributed by atoms with E-state index in [2.05, 4.69) is 10.2 Å². The maximum absolute atomic E-state index is 14.2. The van der Waals surface area contributed by atoms with Crippen molar-refractivity contribution in [2.45, 2.75) is 70.9 Å². The first-order valence-electron chi connectivity index (χ1n) is 22.6. The number of carbonyl (C=O) groups is 3. The Balaban J connectivity index is 1.11. The number of likely N-dealkylation sites (N-methyl/N-ethyl adjacent to an activating group) is 1. The summed E-state index contributed by atoms with van der Waals surface area (Å²) in [5.74, 6) is -2.50. The van der Waals surface area contributed by atoms with Crippen molar-refractivity contribution in [2.24, 2.45) is 5.92 Å². The molecule has 1 amide bonds. The van der Waals surface area contributed by atoms with Gasteiger partial charge in [0.25, 0.3) is 25.8 Å². The van der Waals surface area contributed by atoms with Crippen LogP contribution in [-0.4, -0.2) is 107 Å². The van der Waals surface area contributed by atoms with Gasteiger partial charge in [0.05, 0.1) is 16.7 Å². The molecule has 1 saturated heterocycles. The van der Waals surface area contributed by atoms with Crippen LogP contribution < -0.4 is 14.9 Å². The summed E-state index contributed by atoms with van der Waals surface area (Å²) in [5.41, 5.74) is -3.02. The van der Waals surface area contributed by atoms with Crippen LogP contribution in [-0.2, 0) is 34.2 Å². The highest BCUT2D eigenvalue weighted by Gasteiger charge is 2.48. The third-order valence-corrected chi connectivity index (χ3v) is 16.2. The maximum Gasteiger partial charge on any atom is 0.501 e. The topological polar surface area (TPSA) is 200 Å². The van der Waals surface area contributed by atoms with Gasteiger partial charge in [0.2, 0.25) is 0 Å². The quantitative estimate of drug-likeness (QED) is 0.0357. The van der Waals surface area contributed by atoms with E-state index in [-0.39, 0.29) is 56.1 Å². The predicted octanol–water partition coefficient (Wildman–Crippen LogP) is 9.06. The lowest BCUT2D eigenvalue weighted by atomic mass is 9.84. The standard InChI is InChI=1S/C50H54ClF3N4O10S3/c1-57(30-31-68-47(61)13-7-12-46(59)60)27-26-38(33-69-40-8-3-2-4-9-40)55-44-23-22-41(32-45(44)70(64,65)50(52,53)54)71(66,67)56-49(63)36-16-20-39(21-17-36)58-28-24-35(25-29-58)48(62)43-11-6-5-10-42(43)34-14-18-37(51)19-15-34/h2-6,8-11,14-23,32,35,38,48,55,62H,7,12-13,24-31,33H2,1H3,(H,56,63)(H,59,60)/t38-,48-/m1/s1. The lowest BCUT2D eigenvalue weighted by Crippen LogP contribution is -2.36. The van der Waals surface area contributed by atoms with Crippen LogP contribution in [0.15, 0.2) is 136 Å². The summed E-state index contributed by atoms with van der Waals surface area (Å²) in [6, 6.07) is 31.7. The molecular weight excluding hydrogens is 1010 g/mol. The van der Waals surface area contributed by atoms with Gasteiger partial charge in [0, 0.05) is 65.4 Å². The minimum atomic E-state index is -6.16. The zero-order valence-electron chi connectivity index (χ0n) is 38.6. The van der Waals surface area contributed by atoms with Gasteiger partial charge < -0.3 is 30.1 Å². The number of rotatable bonds is 23. The van der Waals surface area contributed by atoms with Crippen molar-refractivity contribution in [1.29, 1.82) is 0 Å². The first-order chi connectivity index (χ1) is 33.7. The lowest BCUT2D eigenvalue weighted by molar-refractivity contribution is -0.144. The van der Waals surface area contributed by atoms with Gasteiger partial charge in [-0.2, -0.15) is 13.2 Å². The molecule has 5 aromatic rings. The fourth-order valence-corrected chi connectivity index (χ4v) is 11.1. The number of sulfonamides is 1. The predicted molar refractivity (Wildman–Crippen MR) is 267 cm³/mol. The summed E-state index contributed by atoms with van der Waals surface area (Å²) >= 11 is 7.45. The molecule has 0 aromatic heterocycles. The molecule has 5 aromatic carbocycles. The smallest absolute Gasteiger partial charge is 0.481 e. The molecule has 0 saturated carbocycles. The highest BCUT2D eigenvalue weighted by molar-refractivity contribution is 7.99. The Hall–Kier alpha value is -5.64. The molecule has 14 nitrogen and oxygen atoms in total. The third-order valence-electron chi connectivity index (χ3n) is 11.9. The number of halogens is 4. The number of esters is 1. The molecule has 1 aliphatic rings. The fourth-order valence-electron chi connectivity index (χ4n) is 7.96. The van der Waals surface area contributed by atoms with Crippen molar-refractivity contribution in [3.05, 3.63) is 137 Å². The maximum atomic E-state index is 14.2. The van der Waals surface area contributed by atoms with E-state index in [0.717, 1.165) is 39.4 Å². The molecule has 1 heterocycles. The SMILES string of the molecule is CN(CCOC(=O)CCCC(=O)O)CC[C@H](CSc1ccccc1)Nc1ccc(S(=O)(=O)NC(=O)c2ccc(N3CCC([C@@H](O)c4ccccc4-c4ccc(Cl)cc4)CC3)cc2)cc1S(=O)(=O)C(F)(F)F. The number of aliphatic hydroxyl groups is 1. The number of aliphatic hydroxyl groups excluding tert-OH is 1. The monoisotopic (exact) mass is 1060 g/mol. The molecule has 1 fully saturated rings. The molecule has 6 rings (SSSR count). The molecule has 1 aliphatic heterocycles. The second kappa shape index (κ2) is 24.7. The van der Waals surface area contributed by atoms with Gasteiger partial charge in [-0.15, -0.1) is 11.8 Å². The molecule has 21 heteroatoms. The van der Waals surface area contributed by atoms with Gasteiger partial charge in [-0.25, -0.2) is 21.6 Å². The highest BCUT2D eigenvalue weighted by atomic mass is 35.5. The Morgan fingerprint density at radius 2 is 1.54 bits per heavy atom. The second-order valence-electron chi connectivity index (χ2n) is 17.0. The molecular formula is C50H54ClF3N4O10S3. The summed E-state index contributed by atoms with van der Waals surface area (Å²) in [7, 11) is -9.38. The van der Waals surface area contributed by atoms with E-state index in [0.29, 0.717) is 43.6 Å². The summed E-state index contributed by atoms with van der Waals surface area (Å²) in [5, 5.41) is 23.8. The van der Waals surface area contributed by atoms with Crippen molar-refractivity contribution in [3.63, 3.8) is 0 Å². The van der Waals surface area contributed by atoms with Crippen LogP contribution >= 0.6 is 23.4 Å². The van der Waals surface area contributed by atoms with Crippen LogP contribution in [0.2, 0.25) is 5.02 Å². The summed E-state index contributed by atoms with van der Waals surface area (Å²) in [6.45, 7) is 1.71. The van der Waals surface area contributed by atoms with E-state index in [9.17, 15) is 49.5 Å². The van der Waals surface area contributed by atoms with Crippen LogP contribution in [0, 0.1) is 5.92 Å². The first kappa shape index (κ1) is 54.7. The van der Waals surface area contributed by atoms with Gasteiger partial charge >= 0.3 is 17.4 Å².